The lowest BCUT2D eigenvalue weighted by molar-refractivity contribution is 0.460. The van der Waals surface area contributed by atoms with Gasteiger partial charge in [-0.15, -0.1) is 0 Å². The zero-order chi connectivity index (χ0) is 16.2. The molecule has 1 aromatic carbocycles. The van der Waals surface area contributed by atoms with Crippen LogP contribution in [0.3, 0.4) is 0 Å². The molecule has 0 spiro atoms. The summed E-state index contributed by atoms with van der Waals surface area (Å²) in [5.74, 6) is 3.20. The van der Waals surface area contributed by atoms with Crippen LogP contribution in [0.1, 0.15) is 30.9 Å². The molecular formula is C18H23N5. The van der Waals surface area contributed by atoms with Crippen molar-refractivity contribution in [3.63, 3.8) is 0 Å². The zero-order valence-corrected chi connectivity index (χ0v) is 14.2. The second kappa shape index (κ2) is 4.85. The van der Waals surface area contributed by atoms with E-state index >= 15 is 0 Å². The Hall–Kier alpha value is -2.30. The molecular weight excluding hydrogens is 286 g/mol. The average Bonchev–Trinajstić information content (AvgIpc) is 2.99. The van der Waals surface area contributed by atoms with Crippen LogP contribution in [0.5, 0.6) is 0 Å². The molecule has 23 heavy (non-hydrogen) atoms. The van der Waals surface area contributed by atoms with E-state index in [1.807, 2.05) is 0 Å². The average molecular weight is 309 g/mol. The Morgan fingerprint density at radius 1 is 1.17 bits per heavy atom. The van der Waals surface area contributed by atoms with Crippen LogP contribution < -0.4 is 4.90 Å². The van der Waals surface area contributed by atoms with Crippen molar-refractivity contribution in [2.45, 2.75) is 39.4 Å². The SMILES string of the molecule is Cc1nc2c(n1Cc1ccccc1)CN(C)C1=NC(C)(C)CN12. The highest BCUT2D eigenvalue weighted by molar-refractivity contribution is 5.99. The smallest absolute Gasteiger partial charge is 0.203 e. The Kier molecular flexibility index (Phi) is 3.01. The van der Waals surface area contributed by atoms with E-state index < -0.39 is 0 Å². The Morgan fingerprint density at radius 2 is 1.91 bits per heavy atom. The minimum absolute atomic E-state index is 0.0533. The maximum atomic E-state index is 4.87. The zero-order valence-electron chi connectivity index (χ0n) is 14.2. The predicted molar refractivity (Wildman–Crippen MR) is 92.8 cm³/mol. The molecule has 0 fully saturated rings. The van der Waals surface area contributed by atoms with Crippen molar-refractivity contribution < 1.29 is 0 Å². The Labute approximate surface area is 137 Å². The van der Waals surface area contributed by atoms with Gasteiger partial charge in [0.15, 0.2) is 5.82 Å². The molecule has 1 aromatic heterocycles. The molecule has 0 bridgehead atoms. The van der Waals surface area contributed by atoms with Crippen LogP contribution in [0.2, 0.25) is 0 Å². The molecule has 0 saturated carbocycles. The van der Waals surface area contributed by atoms with Gasteiger partial charge in [-0.25, -0.2) is 9.98 Å². The summed E-state index contributed by atoms with van der Waals surface area (Å²) in [7, 11) is 2.12. The van der Waals surface area contributed by atoms with E-state index in [1.165, 1.54) is 11.3 Å². The van der Waals surface area contributed by atoms with Gasteiger partial charge in [0.05, 0.1) is 24.3 Å². The van der Waals surface area contributed by atoms with E-state index in [2.05, 4.69) is 72.5 Å². The number of imidazole rings is 1. The third-order valence-corrected chi connectivity index (χ3v) is 4.60. The molecule has 0 radical (unpaired) electrons. The first-order valence-corrected chi connectivity index (χ1v) is 8.13. The van der Waals surface area contributed by atoms with Crippen LogP contribution in [0, 0.1) is 6.92 Å². The van der Waals surface area contributed by atoms with Gasteiger partial charge in [0, 0.05) is 13.6 Å². The number of aromatic nitrogens is 2. The lowest BCUT2D eigenvalue weighted by atomic mass is 10.1. The van der Waals surface area contributed by atoms with Crippen molar-refractivity contribution in [2.75, 3.05) is 18.5 Å². The number of aliphatic imine (C=N–C) groups is 1. The van der Waals surface area contributed by atoms with E-state index in [4.69, 9.17) is 9.98 Å². The van der Waals surface area contributed by atoms with Crippen molar-refractivity contribution in [1.29, 1.82) is 0 Å². The molecule has 2 aliphatic rings. The van der Waals surface area contributed by atoms with Crippen molar-refractivity contribution >= 4 is 11.8 Å². The topological polar surface area (TPSA) is 36.7 Å². The third kappa shape index (κ3) is 2.31. The van der Waals surface area contributed by atoms with E-state index in [1.54, 1.807) is 0 Å². The van der Waals surface area contributed by atoms with Crippen LogP contribution in [-0.4, -0.2) is 39.5 Å². The predicted octanol–water partition coefficient (Wildman–Crippen LogP) is 2.64. The summed E-state index contributed by atoms with van der Waals surface area (Å²) in [6, 6.07) is 10.6. The van der Waals surface area contributed by atoms with Crippen molar-refractivity contribution in [3.8, 4) is 0 Å². The molecule has 0 aliphatic carbocycles. The van der Waals surface area contributed by atoms with Crippen molar-refractivity contribution in [3.05, 3.63) is 47.4 Å². The first-order chi connectivity index (χ1) is 10.9. The second-order valence-corrected chi connectivity index (χ2v) is 7.17. The highest BCUT2D eigenvalue weighted by Crippen LogP contribution is 2.34. The number of aryl methyl sites for hydroxylation is 1. The van der Waals surface area contributed by atoms with Crippen molar-refractivity contribution in [2.24, 2.45) is 4.99 Å². The Balaban J connectivity index is 1.75. The van der Waals surface area contributed by atoms with E-state index in [0.29, 0.717) is 0 Å². The Morgan fingerprint density at radius 3 is 2.65 bits per heavy atom. The summed E-state index contributed by atoms with van der Waals surface area (Å²) in [6.07, 6.45) is 0. The number of benzene rings is 1. The number of fused-ring (bicyclic) bond motifs is 3. The van der Waals surface area contributed by atoms with Gasteiger partial charge in [0.2, 0.25) is 5.96 Å². The number of hydrogen-bond acceptors (Lipinski definition) is 4. The number of nitrogens with zero attached hydrogens (tertiary/aromatic N) is 5. The normalized spacial score (nSPS) is 18.7. The number of guanidine groups is 1. The van der Waals surface area contributed by atoms with Gasteiger partial charge < -0.3 is 9.47 Å². The summed E-state index contributed by atoms with van der Waals surface area (Å²) in [4.78, 5) is 14.2. The summed E-state index contributed by atoms with van der Waals surface area (Å²) in [5.41, 5.74) is 2.53. The first kappa shape index (κ1) is 14.3. The molecule has 4 rings (SSSR count). The maximum absolute atomic E-state index is 4.87. The quantitative estimate of drug-likeness (QED) is 0.856. The molecule has 0 saturated heterocycles. The fourth-order valence-electron chi connectivity index (χ4n) is 3.52. The van der Waals surface area contributed by atoms with Gasteiger partial charge >= 0.3 is 0 Å². The number of rotatable bonds is 2. The minimum atomic E-state index is -0.0533. The minimum Gasteiger partial charge on any atom is -0.340 e. The molecule has 3 heterocycles. The van der Waals surface area contributed by atoms with E-state index in [9.17, 15) is 0 Å². The molecule has 5 nitrogen and oxygen atoms in total. The summed E-state index contributed by atoms with van der Waals surface area (Å²) < 4.78 is 2.34. The third-order valence-electron chi connectivity index (χ3n) is 4.60. The molecule has 2 aromatic rings. The molecule has 5 heteroatoms. The summed E-state index contributed by atoms with van der Waals surface area (Å²) >= 11 is 0. The first-order valence-electron chi connectivity index (χ1n) is 8.13. The Bertz CT molecular complexity index is 772. The number of anilines is 1. The van der Waals surface area contributed by atoms with Crippen LogP contribution in [0.25, 0.3) is 0 Å². The van der Waals surface area contributed by atoms with E-state index in [-0.39, 0.29) is 5.54 Å². The highest BCUT2D eigenvalue weighted by Gasteiger charge is 2.40. The standard InChI is InChI=1S/C18H23N5/c1-13-19-16-15(22(13)10-14-8-6-5-7-9-14)11-21(4)17-20-18(2,3)12-23(16)17/h5-9H,10-12H2,1-4H3. The highest BCUT2D eigenvalue weighted by atomic mass is 15.5. The second-order valence-electron chi connectivity index (χ2n) is 7.17. The molecule has 0 N–H and O–H groups in total. The fraction of sp³-hybridized carbons (Fsp3) is 0.444. The lowest BCUT2D eigenvalue weighted by Gasteiger charge is -2.33. The van der Waals surface area contributed by atoms with Gasteiger partial charge in [-0.3, -0.25) is 4.90 Å². The van der Waals surface area contributed by atoms with Gasteiger partial charge in [-0.2, -0.15) is 0 Å². The van der Waals surface area contributed by atoms with Crippen molar-refractivity contribution in [1.82, 2.24) is 14.5 Å². The van der Waals surface area contributed by atoms with Crippen LogP contribution in [-0.2, 0) is 13.1 Å². The summed E-state index contributed by atoms with van der Waals surface area (Å²) in [5, 5.41) is 0. The summed E-state index contributed by atoms with van der Waals surface area (Å²) in [6.45, 7) is 9.07. The lowest BCUT2D eigenvalue weighted by Crippen LogP contribution is -2.45. The van der Waals surface area contributed by atoms with Gasteiger partial charge in [0.1, 0.15) is 5.82 Å². The molecule has 2 aliphatic heterocycles. The molecule has 0 amide bonds. The maximum Gasteiger partial charge on any atom is 0.203 e. The monoisotopic (exact) mass is 309 g/mol. The largest absolute Gasteiger partial charge is 0.340 e. The van der Waals surface area contributed by atoms with Gasteiger partial charge in [-0.1, -0.05) is 30.3 Å². The molecule has 0 unspecified atom stereocenters. The van der Waals surface area contributed by atoms with Crippen LogP contribution in [0.4, 0.5) is 5.82 Å². The molecule has 0 atom stereocenters. The van der Waals surface area contributed by atoms with Crippen LogP contribution >= 0.6 is 0 Å². The van der Waals surface area contributed by atoms with E-state index in [0.717, 1.165) is 37.2 Å². The fourth-order valence-corrected chi connectivity index (χ4v) is 3.52. The van der Waals surface area contributed by atoms with Crippen LogP contribution in [0.15, 0.2) is 35.3 Å². The molecule has 120 valence electrons. The van der Waals surface area contributed by atoms with Gasteiger partial charge in [0.25, 0.3) is 0 Å². The van der Waals surface area contributed by atoms with Gasteiger partial charge in [-0.05, 0) is 26.3 Å². The number of hydrogen-bond donors (Lipinski definition) is 0.